The number of hydrogen-bond donors (Lipinski definition) is 2. The average molecular weight is 323 g/mol. The molecule has 0 aromatic heterocycles. The number of carbonyl (C=O) groups excluding carboxylic acids is 1. The number of amides is 1. The monoisotopic (exact) mass is 322 g/mol. The van der Waals surface area contributed by atoms with Crippen LogP contribution in [0.15, 0.2) is 42.5 Å². The lowest BCUT2D eigenvalue weighted by atomic mass is 10.1. The molecule has 2 aromatic rings. The second-order valence-electron chi connectivity index (χ2n) is 4.41. The predicted octanol–water partition coefficient (Wildman–Crippen LogP) is 3.29. The molecule has 6 heteroatoms. The first-order valence-electron chi connectivity index (χ1n) is 6.09. The summed E-state index contributed by atoms with van der Waals surface area (Å²) in [6, 6.07) is 10.7. The molecule has 0 spiro atoms. The Morgan fingerprint density at radius 3 is 2.48 bits per heavy atom. The van der Waals surface area contributed by atoms with E-state index in [0.717, 1.165) is 0 Å². The molecule has 3 N–H and O–H groups in total. The number of benzene rings is 2. The molecule has 0 saturated carbocycles. The fourth-order valence-electron chi connectivity index (χ4n) is 1.75. The number of carbonyl (C=O) groups is 1. The van der Waals surface area contributed by atoms with E-state index >= 15 is 0 Å². The summed E-state index contributed by atoms with van der Waals surface area (Å²) in [4.78, 5) is 12.2. The summed E-state index contributed by atoms with van der Waals surface area (Å²) >= 11 is 10.9. The van der Waals surface area contributed by atoms with Gasteiger partial charge >= 0.3 is 0 Å². The van der Waals surface area contributed by atoms with Crippen LogP contribution in [-0.4, -0.2) is 10.9 Å². The maximum absolute atomic E-state index is 12.8. The summed E-state index contributed by atoms with van der Waals surface area (Å²) in [5.74, 6) is -0.581. The van der Waals surface area contributed by atoms with Crippen molar-refractivity contribution < 1.29 is 9.18 Å². The minimum absolute atomic E-state index is 0.133. The van der Waals surface area contributed by atoms with Gasteiger partial charge in [0.25, 0.3) is 0 Å². The highest BCUT2D eigenvalue weighted by molar-refractivity contribution is 7.80. The van der Waals surface area contributed by atoms with Crippen molar-refractivity contribution in [1.82, 2.24) is 0 Å². The van der Waals surface area contributed by atoms with Crippen LogP contribution in [0.25, 0.3) is 0 Å². The van der Waals surface area contributed by atoms with E-state index in [1.165, 1.54) is 12.1 Å². The van der Waals surface area contributed by atoms with Crippen molar-refractivity contribution >= 4 is 40.4 Å². The van der Waals surface area contributed by atoms with E-state index in [1.54, 1.807) is 30.3 Å². The summed E-state index contributed by atoms with van der Waals surface area (Å²) in [5.41, 5.74) is 7.32. The van der Waals surface area contributed by atoms with Crippen LogP contribution in [0.5, 0.6) is 0 Å². The third-order valence-corrected chi connectivity index (χ3v) is 3.35. The zero-order chi connectivity index (χ0) is 15.4. The van der Waals surface area contributed by atoms with Crippen molar-refractivity contribution in [3.63, 3.8) is 0 Å². The van der Waals surface area contributed by atoms with Gasteiger partial charge in [-0.1, -0.05) is 36.0 Å². The van der Waals surface area contributed by atoms with Gasteiger partial charge < -0.3 is 11.1 Å². The first-order valence-corrected chi connectivity index (χ1v) is 6.88. The normalized spacial score (nSPS) is 10.2. The molecular formula is C15H12ClFN2OS. The number of hydrogen-bond acceptors (Lipinski definition) is 2. The van der Waals surface area contributed by atoms with E-state index in [1.807, 2.05) is 0 Å². The van der Waals surface area contributed by atoms with Crippen molar-refractivity contribution in [1.29, 1.82) is 0 Å². The maximum Gasteiger partial charge on any atom is 0.228 e. The zero-order valence-electron chi connectivity index (χ0n) is 10.9. The van der Waals surface area contributed by atoms with E-state index in [2.05, 4.69) is 5.32 Å². The van der Waals surface area contributed by atoms with E-state index in [0.29, 0.717) is 21.8 Å². The van der Waals surface area contributed by atoms with E-state index in [9.17, 15) is 9.18 Å². The summed E-state index contributed by atoms with van der Waals surface area (Å²) in [6.07, 6.45) is 0.133. The number of anilines is 1. The Morgan fingerprint density at radius 2 is 1.90 bits per heavy atom. The van der Waals surface area contributed by atoms with Crippen LogP contribution in [-0.2, 0) is 11.2 Å². The van der Waals surface area contributed by atoms with Gasteiger partial charge in [-0.15, -0.1) is 0 Å². The molecule has 0 saturated heterocycles. The Bertz CT molecular complexity index is 689. The number of nitrogens with one attached hydrogen (secondary N) is 1. The molecule has 2 rings (SSSR count). The number of halogens is 2. The van der Waals surface area contributed by atoms with Gasteiger partial charge in [-0.25, -0.2) is 4.39 Å². The fraction of sp³-hybridized carbons (Fsp3) is 0.0667. The molecule has 0 atom stereocenters. The maximum atomic E-state index is 12.8. The molecule has 2 aromatic carbocycles. The van der Waals surface area contributed by atoms with Crippen molar-refractivity contribution in [3.05, 3.63) is 64.4 Å². The molecule has 0 aliphatic carbocycles. The van der Waals surface area contributed by atoms with Crippen LogP contribution in [0, 0.1) is 5.82 Å². The minimum Gasteiger partial charge on any atom is -0.389 e. The lowest BCUT2D eigenvalue weighted by Gasteiger charge is -2.09. The van der Waals surface area contributed by atoms with Gasteiger partial charge in [-0.2, -0.15) is 0 Å². The van der Waals surface area contributed by atoms with Crippen LogP contribution in [0.4, 0.5) is 10.1 Å². The first kappa shape index (κ1) is 15.4. The molecule has 3 nitrogen and oxygen atoms in total. The molecular weight excluding hydrogens is 311 g/mol. The summed E-state index contributed by atoms with van der Waals surface area (Å²) < 4.78 is 12.8. The molecule has 1 amide bonds. The van der Waals surface area contributed by atoms with E-state index in [-0.39, 0.29) is 23.1 Å². The minimum atomic E-state index is -0.337. The van der Waals surface area contributed by atoms with Crippen molar-refractivity contribution in [2.75, 3.05) is 5.32 Å². The largest absolute Gasteiger partial charge is 0.389 e. The quantitative estimate of drug-likeness (QED) is 0.849. The Labute approximate surface area is 131 Å². The average Bonchev–Trinajstić information content (AvgIpc) is 2.43. The van der Waals surface area contributed by atoms with Crippen LogP contribution < -0.4 is 11.1 Å². The van der Waals surface area contributed by atoms with E-state index < -0.39 is 0 Å². The molecule has 0 heterocycles. The van der Waals surface area contributed by atoms with E-state index in [4.69, 9.17) is 29.6 Å². The lowest BCUT2D eigenvalue weighted by molar-refractivity contribution is -0.115. The highest BCUT2D eigenvalue weighted by Gasteiger charge is 2.08. The number of thiocarbonyl (C=S) groups is 1. The molecule has 0 unspecified atom stereocenters. The van der Waals surface area contributed by atoms with Gasteiger partial charge in [0.05, 0.1) is 17.1 Å². The number of nitrogens with two attached hydrogens (primary N) is 1. The molecule has 0 aliphatic rings. The van der Waals surface area contributed by atoms with Crippen molar-refractivity contribution in [2.45, 2.75) is 6.42 Å². The Hall–Kier alpha value is -1.98. The molecule has 21 heavy (non-hydrogen) atoms. The Balaban J connectivity index is 2.06. The third-order valence-electron chi connectivity index (χ3n) is 2.81. The summed E-state index contributed by atoms with van der Waals surface area (Å²) in [5, 5.41) is 3.05. The summed E-state index contributed by atoms with van der Waals surface area (Å²) in [7, 11) is 0. The van der Waals surface area contributed by atoms with Crippen LogP contribution in [0.3, 0.4) is 0 Å². The third kappa shape index (κ3) is 4.24. The van der Waals surface area contributed by atoms with Crippen LogP contribution >= 0.6 is 23.8 Å². The number of rotatable bonds is 4. The van der Waals surface area contributed by atoms with Gasteiger partial charge in [0.15, 0.2) is 0 Å². The highest BCUT2D eigenvalue weighted by atomic mass is 35.5. The van der Waals surface area contributed by atoms with Gasteiger partial charge in [0.2, 0.25) is 5.91 Å². The second-order valence-corrected chi connectivity index (χ2v) is 5.26. The molecule has 0 fully saturated rings. The van der Waals surface area contributed by atoms with Crippen LogP contribution in [0.1, 0.15) is 11.1 Å². The smallest absolute Gasteiger partial charge is 0.228 e. The van der Waals surface area contributed by atoms with Gasteiger partial charge in [-0.3, -0.25) is 4.79 Å². The highest BCUT2D eigenvalue weighted by Crippen LogP contribution is 2.23. The van der Waals surface area contributed by atoms with Gasteiger partial charge in [0, 0.05) is 5.56 Å². The van der Waals surface area contributed by atoms with Gasteiger partial charge in [-0.05, 0) is 35.9 Å². The second kappa shape index (κ2) is 6.65. The molecule has 108 valence electrons. The van der Waals surface area contributed by atoms with Crippen molar-refractivity contribution in [3.8, 4) is 0 Å². The van der Waals surface area contributed by atoms with Crippen molar-refractivity contribution in [2.24, 2.45) is 5.73 Å². The molecule has 0 aliphatic heterocycles. The Kier molecular flexibility index (Phi) is 4.88. The standard InChI is InChI=1S/C15H12ClFN2OS/c16-12-8-10(15(18)21)3-6-13(12)19-14(20)7-9-1-4-11(17)5-2-9/h1-6,8H,7H2,(H2,18,21)(H,19,20). The zero-order valence-corrected chi connectivity index (χ0v) is 12.5. The SMILES string of the molecule is NC(=S)c1ccc(NC(=O)Cc2ccc(F)cc2)c(Cl)c1. The van der Waals surface area contributed by atoms with Gasteiger partial charge in [0.1, 0.15) is 10.8 Å². The molecule has 0 bridgehead atoms. The van der Waals surface area contributed by atoms with Crippen LogP contribution in [0.2, 0.25) is 5.02 Å². The lowest BCUT2D eigenvalue weighted by Crippen LogP contribution is -2.15. The topological polar surface area (TPSA) is 55.1 Å². The molecule has 0 radical (unpaired) electrons. The fourth-order valence-corrected chi connectivity index (χ4v) is 2.11. The first-order chi connectivity index (χ1) is 9.95. The Morgan fingerprint density at radius 1 is 1.24 bits per heavy atom. The summed E-state index contributed by atoms with van der Waals surface area (Å²) in [6.45, 7) is 0. The predicted molar refractivity (Wildman–Crippen MR) is 86.1 cm³/mol.